The molecule has 0 saturated carbocycles. The normalized spacial score (nSPS) is 14.4. The first-order valence-electron chi connectivity index (χ1n) is 9.55. The summed E-state index contributed by atoms with van der Waals surface area (Å²) in [7, 11) is 0. The third-order valence-electron chi connectivity index (χ3n) is 5.03. The summed E-state index contributed by atoms with van der Waals surface area (Å²) >= 11 is 1.58. The maximum absolute atomic E-state index is 12.3. The zero-order chi connectivity index (χ0) is 18.5. The number of carbonyl (C=O) groups excluding carboxylic acids is 1. The number of Topliss-reactive ketones (excluding diaryl/α,β-unsaturated/α-hetero) is 1. The maximum Gasteiger partial charge on any atom is 0.184 e. The van der Waals surface area contributed by atoms with E-state index in [-0.39, 0.29) is 5.78 Å². The summed E-state index contributed by atoms with van der Waals surface area (Å²) in [5, 5.41) is 5.91. The Labute approximate surface area is 162 Å². The van der Waals surface area contributed by atoms with Crippen LogP contribution in [0.4, 0.5) is 0 Å². The van der Waals surface area contributed by atoms with Crippen LogP contribution in [-0.2, 0) is 13.1 Å². The molecule has 3 aromatic rings. The highest BCUT2D eigenvalue weighted by Gasteiger charge is 2.16. The minimum absolute atomic E-state index is 0.0749. The molecule has 0 atom stereocenters. The average Bonchev–Trinajstić information content (AvgIpc) is 3.44. The van der Waals surface area contributed by atoms with Gasteiger partial charge in [-0.1, -0.05) is 24.1 Å². The van der Waals surface area contributed by atoms with Crippen molar-refractivity contribution in [2.75, 3.05) is 13.1 Å². The number of thiophene rings is 1. The number of unbranched alkanes of at least 4 members (excludes halogenated alkanes) is 3. The number of imidazole rings is 1. The smallest absolute Gasteiger partial charge is 0.184 e. The highest BCUT2D eigenvalue weighted by molar-refractivity contribution is 7.13. The van der Waals surface area contributed by atoms with Gasteiger partial charge in [-0.25, -0.2) is 4.98 Å². The molecule has 6 nitrogen and oxygen atoms in total. The van der Waals surface area contributed by atoms with Gasteiger partial charge in [0.15, 0.2) is 11.5 Å². The number of hydrogen-bond acceptors (Lipinski definition) is 6. The predicted octanol–water partition coefficient (Wildman–Crippen LogP) is 4.25. The molecule has 4 rings (SSSR count). The van der Waals surface area contributed by atoms with Crippen LogP contribution >= 0.6 is 11.3 Å². The number of fused-ring (bicyclic) bond motifs is 1. The van der Waals surface area contributed by atoms with E-state index in [9.17, 15) is 4.79 Å². The molecule has 7 heteroatoms. The third kappa shape index (κ3) is 4.54. The van der Waals surface area contributed by atoms with E-state index in [2.05, 4.69) is 19.6 Å². The zero-order valence-corrected chi connectivity index (χ0v) is 16.2. The number of aromatic nitrogens is 3. The van der Waals surface area contributed by atoms with Gasteiger partial charge in [0, 0.05) is 38.3 Å². The van der Waals surface area contributed by atoms with Crippen LogP contribution < -0.4 is 0 Å². The Morgan fingerprint density at radius 3 is 3.04 bits per heavy atom. The molecule has 27 heavy (non-hydrogen) atoms. The second-order valence-electron chi connectivity index (χ2n) is 7.00. The first-order valence-corrected chi connectivity index (χ1v) is 10.4. The van der Waals surface area contributed by atoms with Crippen LogP contribution in [0.2, 0.25) is 0 Å². The van der Waals surface area contributed by atoms with E-state index in [4.69, 9.17) is 4.52 Å². The molecule has 1 aliphatic heterocycles. The fourth-order valence-corrected chi connectivity index (χ4v) is 4.15. The van der Waals surface area contributed by atoms with E-state index >= 15 is 0 Å². The number of hydrogen-bond donors (Lipinski definition) is 0. The summed E-state index contributed by atoms with van der Waals surface area (Å²) in [6.07, 6.45) is 8.74. The molecule has 3 aromatic heterocycles. The SMILES string of the molecule is O=C(CCCCCCN1CCn2cncc2C1)c1cc(-c2cccs2)on1. The number of ketones is 1. The van der Waals surface area contributed by atoms with E-state index in [0.717, 1.165) is 50.3 Å². The summed E-state index contributed by atoms with van der Waals surface area (Å²) in [6, 6.07) is 5.69. The highest BCUT2D eigenvalue weighted by Crippen LogP contribution is 2.25. The van der Waals surface area contributed by atoms with Gasteiger partial charge in [0.1, 0.15) is 5.69 Å². The molecule has 0 spiro atoms. The fourth-order valence-electron chi connectivity index (χ4n) is 3.47. The van der Waals surface area contributed by atoms with Crippen LogP contribution in [0.15, 0.2) is 40.6 Å². The lowest BCUT2D eigenvalue weighted by atomic mass is 10.1. The lowest BCUT2D eigenvalue weighted by molar-refractivity contribution is 0.0970. The number of rotatable bonds is 9. The van der Waals surface area contributed by atoms with Gasteiger partial charge < -0.3 is 9.09 Å². The highest BCUT2D eigenvalue weighted by atomic mass is 32.1. The fraction of sp³-hybridized carbons (Fsp3) is 0.450. The van der Waals surface area contributed by atoms with E-state index in [1.165, 1.54) is 12.1 Å². The molecule has 1 aliphatic rings. The first-order chi connectivity index (χ1) is 13.3. The molecule has 0 saturated heterocycles. The topological polar surface area (TPSA) is 64.2 Å². The van der Waals surface area contributed by atoms with E-state index < -0.39 is 0 Å². The van der Waals surface area contributed by atoms with Crippen LogP contribution in [0.3, 0.4) is 0 Å². The summed E-state index contributed by atoms with van der Waals surface area (Å²) in [5.74, 6) is 0.752. The Kier molecular flexibility index (Phi) is 5.79. The van der Waals surface area contributed by atoms with Crippen LogP contribution in [0.1, 0.15) is 48.3 Å². The summed E-state index contributed by atoms with van der Waals surface area (Å²) in [5.41, 5.74) is 1.75. The molecule has 0 bridgehead atoms. The molecule has 0 radical (unpaired) electrons. The second kappa shape index (κ2) is 8.63. The van der Waals surface area contributed by atoms with Crippen molar-refractivity contribution < 1.29 is 9.32 Å². The van der Waals surface area contributed by atoms with Gasteiger partial charge in [0.25, 0.3) is 0 Å². The van der Waals surface area contributed by atoms with Crippen LogP contribution in [0.5, 0.6) is 0 Å². The minimum atomic E-state index is 0.0749. The van der Waals surface area contributed by atoms with Crippen molar-refractivity contribution in [1.82, 2.24) is 19.6 Å². The molecule has 0 N–H and O–H groups in total. The Bertz CT molecular complexity index is 868. The first kappa shape index (κ1) is 18.1. The van der Waals surface area contributed by atoms with Gasteiger partial charge in [-0.3, -0.25) is 9.69 Å². The molecule has 0 fully saturated rings. The largest absolute Gasteiger partial charge is 0.355 e. The predicted molar refractivity (Wildman–Crippen MR) is 105 cm³/mol. The molecular formula is C20H24N4O2S. The second-order valence-corrected chi connectivity index (χ2v) is 7.94. The lowest BCUT2D eigenvalue weighted by Gasteiger charge is -2.27. The quantitative estimate of drug-likeness (QED) is 0.408. The molecule has 4 heterocycles. The third-order valence-corrected chi connectivity index (χ3v) is 5.91. The monoisotopic (exact) mass is 384 g/mol. The van der Waals surface area contributed by atoms with Crippen LogP contribution in [-0.4, -0.2) is 38.5 Å². The minimum Gasteiger partial charge on any atom is -0.355 e. The maximum atomic E-state index is 12.3. The van der Waals surface area contributed by atoms with Crippen molar-refractivity contribution in [2.24, 2.45) is 0 Å². The molecule has 0 aromatic carbocycles. The number of nitrogens with zero attached hydrogens (tertiary/aromatic N) is 4. The van der Waals surface area contributed by atoms with Crippen LogP contribution in [0, 0.1) is 0 Å². The Morgan fingerprint density at radius 1 is 1.22 bits per heavy atom. The van der Waals surface area contributed by atoms with E-state index in [1.54, 1.807) is 17.4 Å². The van der Waals surface area contributed by atoms with Crippen molar-refractivity contribution >= 4 is 17.1 Å². The molecule has 0 aliphatic carbocycles. The van der Waals surface area contributed by atoms with Crippen molar-refractivity contribution in [2.45, 2.75) is 45.2 Å². The molecule has 142 valence electrons. The van der Waals surface area contributed by atoms with E-state index in [0.29, 0.717) is 17.9 Å². The van der Waals surface area contributed by atoms with E-state index in [1.807, 2.05) is 30.0 Å². The van der Waals surface area contributed by atoms with Gasteiger partial charge in [-0.2, -0.15) is 0 Å². The van der Waals surface area contributed by atoms with Crippen LogP contribution in [0.25, 0.3) is 10.6 Å². The summed E-state index contributed by atoms with van der Waals surface area (Å²) in [4.78, 5) is 20.0. The molecule has 0 amide bonds. The van der Waals surface area contributed by atoms with Gasteiger partial charge in [-0.05, 0) is 30.8 Å². The van der Waals surface area contributed by atoms with Gasteiger partial charge in [0.05, 0.1) is 16.9 Å². The molecule has 0 unspecified atom stereocenters. The standard InChI is InChI=1S/C20H24N4O2S/c25-18(17-12-19(26-22-17)20-7-5-11-27-20)6-3-1-2-4-8-23-9-10-24-15-21-13-16(24)14-23/h5,7,11-13,15H,1-4,6,8-10,14H2. The molecular weight excluding hydrogens is 360 g/mol. The average molecular weight is 385 g/mol. The summed E-state index contributed by atoms with van der Waals surface area (Å²) < 4.78 is 7.52. The van der Waals surface area contributed by atoms with Crippen molar-refractivity contribution in [1.29, 1.82) is 0 Å². The Morgan fingerprint density at radius 2 is 2.15 bits per heavy atom. The Balaban J connectivity index is 1.12. The van der Waals surface area contributed by atoms with Gasteiger partial charge in [-0.15, -0.1) is 11.3 Å². The summed E-state index contributed by atoms with van der Waals surface area (Å²) in [6.45, 7) is 4.25. The van der Waals surface area contributed by atoms with Crippen molar-refractivity contribution in [3.8, 4) is 10.6 Å². The zero-order valence-electron chi connectivity index (χ0n) is 15.3. The van der Waals surface area contributed by atoms with Crippen molar-refractivity contribution in [3.63, 3.8) is 0 Å². The van der Waals surface area contributed by atoms with Gasteiger partial charge >= 0.3 is 0 Å². The Hall–Kier alpha value is -2.25. The van der Waals surface area contributed by atoms with Crippen molar-refractivity contribution in [3.05, 3.63) is 47.5 Å². The van der Waals surface area contributed by atoms with Gasteiger partial charge in [0.2, 0.25) is 0 Å². The number of carbonyl (C=O) groups is 1. The lowest BCUT2D eigenvalue weighted by Crippen LogP contribution is -2.33.